The summed E-state index contributed by atoms with van der Waals surface area (Å²) in [7, 11) is 0. The van der Waals surface area contributed by atoms with Gasteiger partial charge in [-0.1, -0.05) is 13.3 Å². The number of unbranched alkanes of at least 4 members (excludes halogenated alkanes) is 1. The van der Waals surface area contributed by atoms with Crippen LogP contribution in [0.5, 0.6) is 0 Å². The third-order valence-electron chi connectivity index (χ3n) is 1.90. The van der Waals surface area contributed by atoms with E-state index < -0.39 is 24.1 Å². The first-order chi connectivity index (χ1) is 6.99. The number of carboxylic acids is 1. The van der Waals surface area contributed by atoms with Crippen molar-refractivity contribution in [3.63, 3.8) is 0 Å². The molecule has 0 spiro atoms. The van der Waals surface area contributed by atoms with E-state index >= 15 is 0 Å². The van der Waals surface area contributed by atoms with Gasteiger partial charge in [-0.05, 0) is 13.3 Å². The number of carbonyl (C=O) groups is 2. The van der Waals surface area contributed by atoms with Gasteiger partial charge in [0, 0.05) is 0 Å². The van der Waals surface area contributed by atoms with Crippen LogP contribution >= 0.6 is 0 Å². The predicted octanol–water partition coefficient (Wildman–Crippen LogP) is 0.313. The Kier molecular flexibility index (Phi) is 6.44. The van der Waals surface area contributed by atoms with Crippen LogP contribution in [0.3, 0.4) is 0 Å². The summed E-state index contributed by atoms with van der Waals surface area (Å²) < 4.78 is 4.78. The number of carboxylic acid groups (broad SMARTS) is 1. The molecule has 0 heterocycles. The van der Waals surface area contributed by atoms with Crippen molar-refractivity contribution in [2.45, 2.75) is 38.8 Å². The summed E-state index contributed by atoms with van der Waals surface area (Å²) in [5.74, 6) is -1.16. The summed E-state index contributed by atoms with van der Waals surface area (Å²) in [5.41, 5.74) is 5.29. The lowest BCUT2D eigenvalue weighted by molar-refractivity contribution is -0.139. The highest BCUT2D eigenvalue weighted by molar-refractivity contribution is 5.76. The van der Waals surface area contributed by atoms with Crippen molar-refractivity contribution in [1.82, 2.24) is 5.32 Å². The Morgan fingerprint density at radius 2 is 2.13 bits per heavy atom. The van der Waals surface area contributed by atoms with E-state index in [1.54, 1.807) is 0 Å². The first kappa shape index (κ1) is 13.7. The summed E-state index contributed by atoms with van der Waals surface area (Å²) in [6.07, 6.45) is 1.08. The van der Waals surface area contributed by atoms with Crippen LogP contribution in [0.2, 0.25) is 0 Å². The number of alkyl carbamates (subject to hydrolysis) is 1. The van der Waals surface area contributed by atoms with Gasteiger partial charge in [0.1, 0.15) is 6.04 Å². The summed E-state index contributed by atoms with van der Waals surface area (Å²) in [5, 5.41) is 10.9. The molecule has 0 saturated carbocycles. The van der Waals surface area contributed by atoms with E-state index in [0.717, 1.165) is 12.8 Å². The van der Waals surface area contributed by atoms with Crippen LogP contribution in [0.1, 0.15) is 26.7 Å². The monoisotopic (exact) mass is 218 g/mol. The molecule has 88 valence electrons. The fourth-order valence-corrected chi connectivity index (χ4v) is 0.840. The van der Waals surface area contributed by atoms with Gasteiger partial charge in [0.25, 0.3) is 0 Å². The predicted molar refractivity (Wildman–Crippen MR) is 54.5 cm³/mol. The molecule has 0 aromatic carbocycles. The van der Waals surface area contributed by atoms with Crippen LogP contribution in [0.4, 0.5) is 4.79 Å². The normalized spacial score (nSPS) is 14.1. The third-order valence-corrected chi connectivity index (χ3v) is 1.90. The molecule has 0 aromatic rings. The Labute approximate surface area is 88.8 Å². The van der Waals surface area contributed by atoms with Crippen LogP contribution in [-0.2, 0) is 9.53 Å². The topological polar surface area (TPSA) is 102 Å². The van der Waals surface area contributed by atoms with Gasteiger partial charge in [-0.15, -0.1) is 0 Å². The molecule has 1 amide bonds. The summed E-state index contributed by atoms with van der Waals surface area (Å²) >= 11 is 0. The molecular weight excluding hydrogens is 200 g/mol. The maximum Gasteiger partial charge on any atom is 0.407 e. The van der Waals surface area contributed by atoms with E-state index in [1.807, 2.05) is 6.92 Å². The van der Waals surface area contributed by atoms with E-state index in [1.165, 1.54) is 6.92 Å². The zero-order valence-corrected chi connectivity index (χ0v) is 9.03. The van der Waals surface area contributed by atoms with Gasteiger partial charge in [0.05, 0.1) is 12.6 Å². The SMILES string of the molecule is CCCCOC(=O)NC(C)C(N)C(=O)O. The number of amides is 1. The molecule has 2 unspecified atom stereocenters. The highest BCUT2D eigenvalue weighted by atomic mass is 16.5. The number of carbonyl (C=O) groups excluding carboxylic acids is 1. The Morgan fingerprint density at radius 3 is 2.60 bits per heavy atom. The Bertz CT molecular complexity index is 220. The van der Waals surface area contributed by atoms with Crippen molar-refractivity contribution in [1.29, 1.82) is 0 Å². The molecule has 0 radical (unpaired) electrons. The molecular formula is C9H18N2O4. The highest BCUT2D eigenvalue weighted by Gasteiger charge is 2.21. The molecule has 0 aliphatic heterocycles. The third kappa shape index (κ3) is 5.90. The number of ether oxygens (including phenoxy) is 1. The van der Waals surface area contributed by atoms with Gasteiger partial charge in [0.15, 0.2) is 0 Å². The summed E-state index contributed by atoms with van der Waals surface area (Å²) in [6, 6.07) is -1.78. The zero-order valence-electron chi connectivity index (χ0n) is 9.03. The summed E-state index contributed by atoms with van der Waals surface area (Å²) in [6.45, 7) is 3.82. The molecule has 0 aliphatic carbocycles. The average molecular weight is 218 g/mol. The van der Waals surface area contributed by atoms with Gasteiger partial charge in [-0.3, -0.25) is 4.79 Å². The number of nitrogens with one attached hydrogen (secondary N) is 1. The number of nitrogens with two attached hydrogens (primary N) is 1. The lowest BCUT2D eigenvalue weighted by atomic mass is 10.1. The fourth-order valence-electron chi connectivity index (χ4n) is 0.840. The number of aliphatic carboxylic acids is 1. The second kappa shape index (κ2) is 7.05. The van der Waals surface area contributed by atoms with Crippen molar-refractivity contribution in [2.24, 2.45) is 5.73 Å². The lowest BCUT2D eigenvalue weighted by Crippen LogP contribution is -2.50. The maximum absolute atomic E-state index is 11.1. The number of rotatable bonds is 6. The molecule has 0 rings (SSSR count). The van der Waals surface area contributed by atoms with Gasteiger partial charge < -0.3 is 20.9 Å². The first-order valence-corrected chi connectivity index (χ1v) is 4.90. The minimum Gasteiger partial charge on any atom is -0.480 e. The second-order valence-electron chi connectivity index (χ2n) is 3.29. The van der Waals surface area contributed by atoms with Crippen LogP contribution in [0, 0.1) is 0 Å². The standard InChI is InChI=1S/C9H18N2O4/c1-3-4-5-15-9(14)11-6(2)7(10)8(12)13/h6-7H,3-5,10H2,1-2H3,(H,11,14)(H,12,13). The van der Waals surface area contributed by atoms with E-state index in [-0.39, 0.29) is 0 Å². The van der Waals surface area contributed by atoms with Crippen molar-refractivity contribution < 1.29 is 19.4 Å². The van der Waals surface area contributed by atoms with Crippen LogP contribution in [0.15, 0.2) is 0 Å². The Balaban J connectivity index is 3.80. The quantitative estimate of drug-likeness (QED) is 0.557. The largest absolute Gasteiger partial charge is 0.480 e. The van der Waals surface area contributed by atoms with E-state index in [2.05, 4.69) is 5.32 Å². The van der Waals surface area contributed by atoms with Gasteiger partial charge >= 0.3 is 12.1 Å². The van der Waals surface area contributed by atoms with Gasteiger partial charge in [-0.25, -0.2) is 4.79 Å². The Hall–Kier alpha value is -1.30. The summed E-state index contributed by atoms with van der Waals surface area (Å²) in [4.78, 5) is 21.5. The van der Waals surface area contributed by atoms with Crippen LogP contribution < -0.4 is 11.1 Å². The van der Waals surface area contributed by atoms with Crippen molar-refractivity contribution in [3.8, 4) is 0 Å². The van der Waals surface area contributed by atoms with Crippen molar-refractivity contribution >= 4 is 12.1 Å². The zero-order chi connectivity index (χ0) is 11.8. The molecule has 0 aliphatic rings. The van der Waals surface area contributed by atoms with Crippen LogP contribution in [-0.4, -0.2) is 35.9 Å². The minimum absolute atomic E-state index is 0.331. The maximum atomic E-state index is 11.1. The van der Waals surface area contributed by atoms with E-state index in [4.69, 9.17) is 15.6 Å². The minimum atomic E-state index is -1.16. The molecule has 0 fully saturated rings. The number of hydrogen-bond donors (Lipinski definition) is 3. The molecule has 15 heavy (non-hydrogen) atoms. The van der Waals surface area contributed by atoms with Crippen molar-refractivity contribution in [3.05, 3.63) is 0 Å². The molecule has 2 atom stereocenters. The molecule has 0 bridgehead atoms. The highest BCUT2D eigenvalue weighted by Crippen LogP contribution is 1.93. The van der Waals surface area contributed by atoms with E-state index in [9.17, 15) is 9.59 Å². The smallest absolute Gasteiger partial charge is 0.407 e. The number of hydrogen-bond acceptors (Lipinski definition) is 4. The molecule has 6 heteroatoms. The lowest BCUT2D eigenvalue weighted by Gasteiger charge is -2.17. The second-order valence-corrected chi connectivity index (χ2v) is 3.29. The average Bonchev–Trinajstić information content (AvgIpc) is 2.16. The fraction of sp³-hybridized carbons (Fsp3) is 0.778. The Morgan fingerprint density at radius 1 is 1.53 bits per heavy atom. The van der Waals surface area contributed by atoms with Gasteiger partial charge in [-0.2, -0.15) is 0 Å². The molecule has 0 aromatic heterocycles. The molecule has 0 saturated heterocycles. The van der Waals surface area contributed by atoms with Crippen LogP contribution in [0.25, 0.3) is 0 Å². The van der Waals surface area contributed by atoms with Crippen molar-refractivity contribution in [2.75, 3.05) is 6.61 Å². The first-order valence-electron chi connectivity index (χ1n) is 4.90. The van der Waals surface area contributed by atoms with Gasteiger partial charge in [0.2, 0.25) is 0 Å². The molecule has 6 nitrogen and oxygen atoms in total. The van der Waals surface area contributed by atoms with E-state index in [0.29, 0.717) is 6.61 Å². The molecule has 4 N–H and O–H groups in total.